The monoisotopic (exact) mass is 779 g/mol. The molecule has 3 aliphatic heterocycles. The van der Waals surface area contributed by atoms with E-state index < -0.39 is 39.5 Å². The number of carboxylic acids is 1. The van der Waals surface area contributed by atoms with Gasteiger partial charge in [0, 0.05) is 49.3 Å². The molecule has 1 N–H and O–H groups in total. The Hall–Kier alpha value is -4.73. The third-order valence-electron chi connectivity index (χ3n) is 9.82. The summed E-state index contributed by atoms with van der Waals surface area (Å²) in [5, 5.41) is 10.5. The van der Waals surface area contributed by atoms with E-state index in [-0.39, 0.29) is 47.4 Å². The number of aromatic nitrogens is 1. The van der Waals surface area contributed by atoms with Crippen LogP contribution in [0.2, 0.25) is 10.0 Å². The lowest BCUT2D eigenvalue weighted by Gasteiger charge is -2.36. The highest BCUT2D eigenvalue weighted by Crippen LogP contribution is 2.49. The van der Waals surface area contributed by atoms with E-state index in [4.69, 9.17) is 27.9 Å². The third kappa shape index (κ3) is 7.17. The number of morpholine rings is 1. The molecular formula is C37H35Cl2N5O8S. The maximum absolute atomic E-state index is 14.7. The fourth-order valence-electron chi connectivity index (χ4n) is 7.09. The number of amides is 2. The molecule has 2 unspecified atom stereocenters. The molecule has 1 aromatic heterocycles. The van der Waals surface area contributed by atoms with Crippen molar-refractivity contribution in [1.29, 1.82) is 0 Å². The first-order valence-corrected chi connectivity index (χ1v) is 19.1. The largest absolute Gasteiger partial charge is 0.478 e. The number of piperazine rings is 1. The van der Waals surface area contributed by atoms with Gasteiger partial charge < -0.3 is 19.6 Å². The van der Waals surface area contributed by atoms with Crippen LogP contribution in [0.15, 0.2) is 94.6 Å². The molecule has 13 nitrogen and oxygen atoms in total. The number of fused-ring (bicyclic) bond motifs is 1. The Balaban J connectivity index is 1.28. The number of hydrogen-bond donors (Lipinski definition) is 1. The van der Waals surface area contributed by atoms with E-state index in [0.29, 0.717) is 60.6 Å². The number of pyridine rings is 1. The molecular weight excluding hydrogens is 745 g/mol. The lowest BCUT2D eigenvalue weighted by Crippen LogP contribution is -2.53. The Morgan fingerprint density at radius 1 is 0.755 bits per heavy atom. The lowest BCUT2D eigenvalue weighted by molar-refractivity contribution is -0.136. The van der Waals surface area contributed by atoms with Crippen LogP contribution >= 0.6 is 23.2 Å². The SMILES string of the molecule is O=C(O)c1cccc(S(=O)(=O)N2c3ccc(C(=O)N4CCN(CC(=O)N5CCOCC5)CC4)c(=O)n3C(c3ccc(Cl)cc3)C2c2ccc(Cl)cc2)c1. The van der Waals surface area contributed by atoms with Crippen molar-refractivity contribution >= 4 is 56.8 Å². The molecule has 0 saturated carbocycles. The molecule has 2 amide bonds. The van der Waals surface area contributed by atoms with Crippen molar-refractivity contribution < 1.29 is 32.6 Å². The van der Waals surface area contributed by atoms with Gasteiger partial charge in [0.1, 0.15) is 11.4 Å². The normalized spacial score (nSPS) is 19.2. The van der Waals surface area contributed by atoms with Crippen LogP contribution in [-0.2, 0) is 19.6 Å². The topological polar surface area (TPSA) is 150 Å². The van der Waals surface area contributed by atoms with Crippen LogP contribution in [0.3, 0.4) is 0 Å². The zero-order valence-electron chi connectivity index (χ0n) is 28.3. The van der Waals surface area contributed by atoms with Gasteiger partial charge in [-0.3, -0.25) is 23.9 Å². The van der Waals surface area contributed by atoms with E-state index in [1.807, 2.05) is 4.90 Å². The van der Waals surface area contributed by atoms with E-state index in [1.54, 1.807) is 58.3 Å². The smallest absolute Gasteiger partial charge is 0.335 e. The van der Waals surface area contributed by atoms with Crippen molar-refractivity contribution in [2.75, 3.05) is 63.3 Å². The average molecular weight is 781 g/mol. The Morgan fingerprint density at radius 2 is 1.36 bits per heavy atom. The molecule has 4 aromatic rings. The van der Waals surface area contributed by atoms with Gasteiger partial charge >= 0.3 is 5.97 Å². The van der Waals surface area contributed by atoms with Gasteiger partial charge in [0.05, 0.1) is 42.3 Å². The van der Waals surface area contributed by atoms with Crippen molar-refractivity contribution in [2.24, 2.45) is 0 Å². The molecule has 2 fully saturated rings. The first-order chi connectivity index (χ1) is 25.4. The van der Waals surface area contributed by atoms with Gasteiger partial charge in [-0.2, -0.15) is 0 Å². The third-order valence-corrected chi connectivity index (χ3v) is 12.1. The summed E-state index contributed by atoms with van der Waals surface area (Å²) in [6.45, 7) is 3.75. The van der Waals surface area contributed by atoms with E-state index >= 15 is 0 Å². The Bertz CT molecular complexity index is 2220. The molecule has 0 radical (unpaired) electrons. The summed E-state index contributed by atoms with van der Waals surface area (Å²) in [7, 11) is -4.55. The molecule has 7 rings (SSSR count). The highest BCUT2D eigenvalue weighted by Gasteiger charge is 2.48. The number of benzene rings is 3. The number of halogens is 2. The average Bonchev–Trinajstić information content (AvgIpc) is 3.53. The number of sulfonamides is 1. The van der Waals surface area contributed by atoms with Crippen LogP contribution in [-0.4, -0.2) is 110 Å². The van der Waals surface area contributed by atoms with Gasteiger partial charge in [0.15, 0.2) is 0 Å². The lowest BCUT2D eigenvalue weighted by atomic mass is 9.94. The van der Waals surface area contributed by atoms with Crippen LogP contribution in [0.1, 0.15) is 43.9 Å². The minimum Gasteiger partial charge on any atom is -0.478 e. The van der Waals surface area contributed by atoms with E-state index in [9.17, 15) is 32.7 Å². The van der Waals surface area contributed by atoms with Gasteiger partial charge in [0.25, 0.3) is 21.5 Å². The fourth-order valence-corrected chi connectivity index (χ4v) is 9.03. The van der Waals surface area contributed by atoms with E-state index in [1.165, 1.54) is 34.9 Å². The number of rotatable bonds is 8. The second-order valence-corrected chi connectivity index (χ2v) is 15.7. The molecule has 53 heavy (non-hydrogen) atoms. The van der Waals surface area contributed by atoms with Crippen LogP contribution in [0.4, 0.5) is 5.82 Å². The predicted molar refractivity (Wildman–Crippen MR) is 197 cm³/mol. The van der Waals surface area contributed by atoms with Gasteiger partial charge in [0.2, 0.25) is 5.91 Å². The Morgan fingerprint density at radius 3 is 1.96 bits per heavy atom. The number of ether oxygens (including phenoxy) is 1. The molecule has 2 saturated heterocycles. The number of aromatic carboxylic acids is 1. The molecule has 0 bridgehead atoms. The zero-order valence-corrected chi connectivity index (χ0v) is 30.6. The summed E-state index contributed by atoms with van der Waals surface area (Å²) in [5.41, 5.74) is -0.0452. The summed E-state index contributed by atoms with van der Waals surface area (Å²) in [5.74, 6) is -1.83. The van der Waals surface area contributed by atoms with Crippen molar-refractivity contribution in [3.8, 4) is 0 Å². The summed E-state index contributed by atoms with van der Waals surface area (Å²) in [6, 6.07) is 18.9. The number of carboxylic acid groups (broad SMARTS) is 1. The number of nitrogens with zero attached hydrogens (tertiary/aromatic N) is 5. The number of anilines is 1. The number of hydrogen-bond acceptors (Lipinski definition) is 8. The second kappa shape index (κ2) is 15.0. The van der Waals surface area contributed by atoms with Crippen molar-refractivity contribution in [3.05, 3.63) is 128 Å². The van der Waals surface area contributed by atoms with E-state index in [2.05, 4.69) is 0 Å². The van der Waals surface area contributed by atoms with Crippen LogP contribution in [0, 0.1) is 0 Å². The van der Waals surface area contributed by atoms with Gasteiger partial charge in [-0.05, 0) is 65.7 Å². The fraction of sp³-hybridized carbons (Fsp3) is 0.297. The van der Waals surface area contributed by atoms with Crippen molar-refractivity contribution in [1.82, 2.24) is 19.3 Å². The first-order valence-electron chi connectivity index (χ1n) is 17.0. The quantitative estimate of drug-likeness (QED) is 0.280. The molecule has 16 heteroatoms. The Labute approximate surface area is 315 Å². The molecule has 4 heterocycles. The number of carbonyl (C=O) groups is 3. The Kier molecular flexibility index (Phi) is 10.3. The molecule has 3 aromatic carbocycles. The highest BCUT2D eigenvalue weighted by atomic mass is 35.5. The van der Waals surface area contributed by atoms with Gasteiger partial charge in [-0.1, -0.05) is 53.5 Å². The van der Waals surface area contributed by atoms with Crippen LogP contribution in [0.25, 0.3) is 0 Å². The molecule has 0 spiro atoms. The molecule has 0 aliphatic carbocycles. The molecule has 3 aliphatic rings. The van der Waals surface area contributed by atoms with Crippen molar-refractivity contribution in [2.45, 2.75) is 17.0 Å². The van der Waals surface area contributed by atoms with Crippen molar-refractivity contribution in [3.63, 3.8) is 0 Å². The second-order valence-electron chi connectivity index (χ2n) is 13.0. The number of carbonyl (C=O) groups excluding carboxylic acids is 2. The predicted octanol–water partition coefficient (Wildman–Crippen LogP) is 4.01. The maximum atomic E-state index is 14.7. The van der Waals surface area contributed by atoms with E-state index in [0.717, 1.165) is 10.4 Å². The molecule has 276 valence electrons. The standard InChI is InChI=1S/C37H35Cl2N5O8S/c38-27-8-4-24(5-9-27)33-34(25-6-10-28(39)11-7-25)44(53(50,51)29-3-1-2-26(22-29)37(48)49)31-13-12-30(36(47)43(31)33)35(46)42-16-14-40(15-17-42)23-32(45)41-18-20-52-21-19-41/h1-13,22,33-34H,14-21,23H2,(H,48,49). The van der Waals surface area contributed by atoms with Crippen LogP contribution < -0.4 is 9.86 Å². The zero-order chi connectivity index (χ0) is 37.4. The van der Waals surface area contributed by atoms with Crippen LogP contribution in [0.5, 0.6) is 0 Å². The first kappa shape index (κ1) is 36.6. The minimum atomic E-state index is -4.55. The molecule has 2 atom stereocenters. The highest BCUT2D eigenvalue weighted by molar-refractivity contribution is 7.92. The summed E-state index contributed by atoms with van der Waals surface area (Å²) >= 11 is 12.5. The van der Waals surface area contributed by atoms with Gasteiger partial charge in [-0.15, -0.1) is 0 Å². The van der Waals surface area contributed by atoms with Gasteiger partial charge in [-0.25, -0.2) is 17.5 Å². The maximum Gasteiger partial charge on any atom is 0.335 e. The minimum absolute atomic E-state index is 0.00243. The summed E-state index contributed by atoms with van der Waals surface area (Å²) < 4.78 is 37.2. The summed E-state index contributed by atoms with van der Waals surface area (Å²) in [4.78, 5) is 58.4. The summed E-state index contributed by atoms with van der Waals surface area (Å²) in [6.07, 6.45) is 0.